The number of nitrogens with zero attached hydrogens (tertiary/aromatic N) is 2. The first kappa shape index (κ1) is 13.0. The van der Waals surface area contributed by atoms with E-state index in [4.69, 9.17) is 0 Å². The zero-order chi connectivity index (χ0) is 14.1. The summed E-state index contributed by atoms with van der Waals surface area (Å²) >= 11 is 0. The van der Waals surface area contributed by atoms with Gasteiger partial charge in [0, 0.05) is 19.0 Å². The van der Waals surface area contributed by atoms with Crippen molar-refractivity contribution in [3.05, 3.63) is 35.4 Å². The molecule has 0 aromatic heterocycles. The topological polar surface area (TPSA) is 57.7 Å². The predicted molar refractivity (Wildman–Crippen MR) is 72.2 cm³/mol. The molecule has 20 heavy (non-hydrogen) atoms. The Balaban J connectivity index is 1.70. The number of amides is 2. The average Bonchev–Trinajstić information content (AvgIpc) is 2.74. The molecule has 0 saturated carbocycles. The highest BCUT2D eigenvalue weighted by Crippen LogP contribution is 2.23. The van der Waals surface area contributed by atoms with E-state index in [0.29, 0.717) is 17.8 Å². The second kappa shape index (κ2) is 5.17. The molecule has 5 nitrogen and oxygen atoms in total. The summed E-state index contributed by atoms with van der Waals surface area (Å²) in [5.41, 5.74) is 0.973. The van der Waals surface area contributed by atoms with Gasteiger partial charge in [0.15, 0.2) is 0 Å². The lowest BCUT2D eigenvalue weighted by molar-refractivity contribution is -0.112. The molecule has 104 valence electrons. The van der Waals surface area contributed by atoms with E-state index in [2.05, 4.69) is 4.90 Å². The van der Waals surface area contributed by atoms with Crippen molar-refractivity contribution in [2.24, 2.45) is 5.92 Å². The van der Waals surface area contributed by atoms with Crippen molar-refractivity contribution >= 4 is 18.1 Å². The lowest BCUT2D eigenvalue weighted by atomic mass is 9.99. The Kier molecular flexibility index (Phi) is 3.36. The van der Waals surface area contributed by atoms with Crippen LogP contribution in [0.2, 0.25) is 0 Å². The van der Waals surface area contributed by atoms with Crippen molar-refractivity contribution in [2.45, 2.75) is 12.8 Å². The van der Waals surface area contributed by atoms with Crippen molar-refractivity contribution < 1.29 is 14.4 Å². The maximum Gasteiger partial charge on any atom is 0.262 e. The number of likely N-dealkylation sites (tertiary alicyclic amines) is 1. The average molecular weight is 272 g/mol. The number of fused-ring (bicyclic) bond motifs is 1. The van der Waals surface area contributed by atoms with Gasteiger partial charge in [0.05, 0.1) is 17.8 Å². The summed E-state index contributed by atoms with van der Waals surface area (Å²) in [7, 11) is 0. The summed E-state index contributed by atoms with van der Waals surface area (Å²) in [5, 5.41) is 0. The lowest BCUT2D eigenvalue weighted by Crippen LogP contribution is -2.44. The van der Waals surface area contributed by atoms with E-state index >= 15 is 0 Å². The number of carbonyl (C=O) groups excluding carboxylic acids is 3. The number of benzene rings is 1. The number of aldehydes is 1. The van der Waals surface area contributed by atoms with E-state index in [1.165, 1.54) is 4.90 Å². The molecule has 0 aliphatic carbocycles. The van der Waals surface area contributed by atoms with Crippen molar-refractivity contribution in [1.29, 1.82) is 0 Å². The number of hydrogen-bond acceptors (Lipinski definition) is 4. The summed E-state index contributed by atoms with van der Waals surface area (Å²) < 4.78 is 0. The fourth-order valence-electron chi connectivity index (χ4n) is 2.80. The molecular formula is C15H16N2O3. The van der Waals surface area contributed by atoms with Gasteiger partial charge in [-0.05, 0) is 25.0 Å². The number of carbonyl (C=O) groups is 3. The fraction of sp³-hybridized carbons (Fsp3) is 0.400. The third-order valence-corrected chi connectivity index (χ3v) is 4.04. The van der Waals surface area contributed by atoms with Gasteiger partial charge in [0.1, 0.15) is 6.29 Å². The lowest BCUT2D eigenvalue weighted by Gasteiger charge is -2.31. The molecule has 2 aliphatic rings. The first-order valence-electron chi connectivity index (χ1n) is 6.83. The molecule has 0 bridgehead atoms. The molecular weight excluding hydrogens is 256 g/mol. The second-order valence-corrected chi connectivity index (χ2v) is 5.32. The first-order chi connectivity index (χ1) is 9.70. The van der Waals surface area contributed by atoms with Crippen LogP contribution in [0.25, 0.3) is 0 Å². The Morgan fingerprint density at radius 2 is 1.60 bits per heavy atom. The standard InChI is InChI=1S/C15H16N2O3/c18-9-11-5-7-16(8-6-11)10-17-14(19)12-3-1-2-4-13(12)15(17)20/h1-4,9,11H,5-8,10H2. The van der Waals surface area contributed by atoms with E-state index in [9.17, 15) is 14.4 Å². The maximum atomic E-state index is 12.2. The normalized spacial score (nSPS) is 20.3. The zero-order valence-corrected chi connectivity index (χ0v) is 11.1. The van der Waals surface area contributed by atoms with Crippen molar-refractivity contribution in [3.63, 3.8) is 0 Å². The molecule has 1 aromatic carbocycles. The summed E-state index contributed by atoms with van der Waals surface area (Å²) in [6.07, 6.45) is 2.60. The number of imide groups is 1. The molecule has 0 spiro atoms. The first-order valence-corrected chi connectivity index (χ1v) is 6.83. The summed E-state index contributed by atoms with van der Waals surface area (Å²) in [4.78, 5) is 38.5. The highest BCUT2D eigenvalue weighted by Gasteiger charge is 2.36. The summed E-state index contributed by atoms with van der Waals surface area (Å²) in [6, 6.07) is 6.91. The molecule has 1 fully saturated rings. The van der Waals surface area contributed by atoms with Gasteiger partial charge in [-0.2, -0.15) is 0 Å². The molecule has 2 amide bonds. The van der Waals surface area contributed by atoms with Crippen LogP contribution in [0, 0.1) is 5.92 Å². The van der Waals surface area contributed by atoms with Crippen LogP contribution >= 0.6 is 0 Å². The summed E-state index contributed by atoms with van der Waals surface area (Å²) in [5.74, 6) is -0.320. The third kappa shape index (κ3) is 2.14. The Labute approximate surface area is 117 Å². The van der Waals surface area contributed by atoms with Crippen LogP contribution in [0.3, 0.4) is 0 Å². The monoisotopic (exact) mass is 272 g/mol. The van der Waals surface area contributed by atoms with Gasteiger partial charge in [0.2, 0.25) is 0 Å². The Morgan fingerprint density at radius 3 is 2.10 bits per heavy atom. The highest BCUT2D eigenvalue weighted by atomic mass is 16.2. The predicted octanol–water partition coefficient (Wildman–Crippen LogP) is 1.15. The minimum Gasteiger partial charge on any atom is -0.303 e. The highest BCUT2D eigenvalue weighted by molar-refractivity contribution is 6.21. The Bertz CT molecular complexity index is 527. The minimum atomic E-state index is -0.219. The molecule has 2 heterocycles. The van der Waals surface area contributed by atoms with Gasteiger partial charge in [-0.25, -0.2) is 0 Å². The van der Waals surface area contributed by atoms with Gasteiger partial charge in [0.25, 0.3) is 11.8 Å². The number of hydrogen-bond donors (Lipinski definition) is 0. The third-order valence-electron chi connectivity index (χ3n) is 4.04. The quantitative estimate of drug-likeness (QED) is 0.612. The molecule has 5 heteroatoms. The van der Waals surface area contributed by atoms with Crippen molar-refractivity contribution in [3.8, 4) is 0 Å². The molecule has 0 unspecified atom stereocenters. The number of rotatable bonds is 3. The van der Waals surface area contributed by atoms with Crippen LogP contribution in [0.15, 0.2) is 24.3 Å². The number of piperidine rings is 1. The minimum absolute atomic E-state index is 0.119. The molecule has 2 aliphatic heterocycles. The molecule has 0 atom stereocenters. The van der Waals surface area contributed by atoms with E-state index in [-0.39, 0.29) is 17.7 Å². The SMILES string of the molecule is O=CC1CCN(CN2C(=O)c3ccccc3C2=O)CC1. The van der Waals surface area contributed by atoms with Crippen LogP contribution in [0.5, 0.6) is 0 Å². The smallest absolute Gasteiger partial charge is 0.262 e. The Morgan fingerprint density at radius 1 is 1.05 bits per heavy atom. The van der Waals surface area contributed by atoms with Crippen LogP contribution in [0.1, 0.15) is 33.6 Å². The largest absolute Gasteiger partial charge is 0.303 e. The summed E-state index contributed by atoms with van der Waals surface area (Å²) in [6.45, 7) is 1.81. The fourth-order valence-corrected chi connectivity index (χ4v) is 2.80. The van der Waals surface area contributed by atoms with Crippen LogP contribution in [-0.2, 0) is 4.79 Å². The van der Waals surface area contributed by atoms with Crippen LogP contribution in [0.4, 0.5) is 0 Å². The molecule has 0 radical (unpaired) electrons. The maximum absolute atomic E-state index is 12.2. The van der Waals surface area contributed by atoms with E-state index < -0.39 is 0 Å². The second-order valence-electron chi connectivity index (χ2n) is 5.32. The molecule has 0 N–H and O–H groups in total. The van der Waals surface area contributed by atoms with Gasteiger partial charge in [-0.1, -0.05) is 12.1 Å². The Hall–Kier alpha value is -2.01. The van der Waals surface area contributed by atoms with Gasteiger partial charge >= 0.3 is 0 Å². The van der Waals surface area contributed by atoms with Gasteiger partial charge in [-0.3, -0.25) is 19.4 Å². The zero-order valence-electron chi connectivity index (χ0n) is 11.1. The van der Waals surface area contributed by atoms with Gasteiger partial charge in [-0.15, -0.1) is 0 Å². The van der Waals surface area contributed by atoms with Crippen LogP contribution < -0.4 is 0 Å². The molecule has 1 aromatic rings. The van der Waals surface area contributed by atoms with E-state index in [1.54, 1.807) is 24.3 Å². The van der Waals surface area contributed by atoms with Crippen molar-refractivity contribution in [1.82, 2.24) is 9.80 Å². The van der Waals surface area contributed by atoms with Crippen molar-refractivity contribution in [2.75, 3.05) is 19.8 Å². The van der Waals surface area contributed by atoms with E-state index in [0.717, 1.165) is 32.2 Å². The van der Waals surface area contributed by atoms with E-state index in [1.807, 2.05) is 0 Å². The van der Waals surface area contributed by atoms with Crippen LogP contribution in [-0.4, -0.2) is 47.7 Å². The molecule has 3 rings (SSSR count). The van der Waals surface area contributed by atoms with Gasteiger partial charge < -0.3 is 4.79 Å². The molecule has 1 saturated heterocycles.